The molecule has 2 aliphatic rings. The van der Waals surface area contributed by atoms with E-state index in [0.717, 1.165) is 5.92 Å². The zero-order valence-electron chi connectivity index (χ0n) is 7.97. The molecule has 0 radical (unpaired) electrons. The van der Waals surface area contributed by atoms with Gasteiger partial charge in [0.25, 0.3) is 0 Å². The summed E-state index contributed by atoms with van der Waals surface area (Å²) in [6, 6.07) is 3.10. The fourth-order valence-corrected chi connectivity index (χ4v) is 4.00. The second-order valence-electron chi connectivity index (χ2n) is 4.27. The zero-order valence-corrected chi connectivity index (χ0v) is 8.79. The van der Waals surface area contributed by atoms with Gasteiger partial charge in [-0.3, -0.25) is 0 Å². The molecule has 1 N–H and O–H groups in total. The van der Waals surface area contributed by atoms with Gasteiger partial charge in [-0.25, -0.2) is 0 Å². The van der Waals surface area contributed by atoms with E-state index in [1.165, 1.54) is 30.7 Å². The van der Waals surface area contributed by atoms with Crippen molar-refractivity contribution in [2.45, 2.75) is 32.2 Å². The summed E-state index contributed by atoms with van der Waals surface area (Å²) in [4.78, 5) is 3.13. The molecule has 3 rings (SSSR count). The highest BCUT2D eigenvalue weighted by atomic mass is 32.1. The minimum Gasteiger partial charge on any atom is -0.309 e. The lowest BCUT2D eigenvalue weighted by molar-refractivity contribution is 0.412. The van der Waals surface area contributed by atoms with Crippen LogP contribution in [0.1, 0.15) is 34.2 Å². The van der Waals surface area contributed by atoms with Gasteiger partial charge >= 0.3 is 0 Å². The Morgan fingerprint density at radius 3 is 3.31 bits per heavy atom. The lowest BCUT2D eigenvalue weighted by Gasteiger charge is -2.24. The van der Waals surface area contributed by atoms with Gasteiger partial charge in [-0.15, -0.1) is 11.3 Å². The van der Waals surface area contributed by atoms with Crippen LogP contribution in [0.2, 0.25) is 0 Å². The number of hydrogen-bond donors (Lipinski definition) is 1. The maximum Gasteiger partial charge on any atom is 0.0446 e. The van der Waals surface area contributed by atoms with Crippen molar-refractivity contribution in [3.8, 4) is 0 Å². The van der Waals surface area contributed by atoms with Crippen molar-refractivity contribution in [1.29, 1.82) is 0 Å². The molecule has 2 atom stereocenters. The number of hydrogen-bond acceptors (Lipinski definition) is 2. The topological polar surface area (TPSA) is 12.0 Å². The summed E-state index contributed by atoms with van der Waals surface area (Å²) in [7, 11) is 0. The molecule has 2 heteroatoms. The molecule has 13 heavy (non-hydrogen) atoms. The van der Waals surface area contributed by atoms with E-state index in [1.807, 2.05) is 11.3 Å². The molecule has 2 unspecified atom stereocenters. The third kappa shape index (κ3) is 1.16. The van der Waals surface area contributed by atoms with Crippen molar-refractivity contribution in [3.05, 3.63) is 21.4 Å². The molecule has 1 saturated heterocycles. The Balaban J connectivity index is 2.05. The smallest absolute Gasteiger partial charge is 0.0446 e. The van der Waals surface area contributed by atoms with Crippen LogP contribution in [0.25, 0.3) is 0 Å². The molecular weight excluding hydrogens is 178 g/mol. The van der Waals surface area contributed by atoms with Crippen molar-refractivity contribution in [3.63, 3.8) is 0 Å². The maximum atomic E-state index is 3.64. The third-order valence-electron chi connectivity index (χ3n) is 3.38. The predicted molar refractivity (Wildman–Crippen MR) is 56.2 cm³/mol. The van der Waals surface area contributed by atoms with Gasteiger partial charge in [-0.05, 0) is 50.3 Å². The van der Waals surface area contributed by atoms with Crippen LogP contribution in [0.5, 0.6) is 0 Å². The standard InChI is InChI=1S/C11H15NS/c1-7-6-9-3-2-8-4-5-12-10(8)11(9)13-7/h6,8,10,12H,2-5H2,1H3. The monoisotopic (exact) mass is 193 g/mol. The Morgan fingerprint density at radius 2 is 2.38 bits per heavy atom. The molecule has 1 aliphatic carbocycles. The number of thiophene rings is 1. The van der Waals surface area contributed by atoms with Crippen LogP contribution in [-0.2, 0) is 6.42 Å². The van der Waals surface area contributed by atoms with Gasteiger partial charge in [0, 0.05) is 15.8 Å². The number of rotatable bonds is 0. The highest BCUT2D eigenvalue weighted by Gasteiger charge is 2.34. The van der Waals surface area contributed by atoms with Gasteiger partial charge in [0.15, 0.2) is 0 Å². The van der Waals surface area contributed by atoms with Crippen LogP contribution in [0.15, 0.2) is 6.07 Å². The lowest BCUT2D eigenvalue weighted by Crippen LogP contribution is -2.21. The van der Waals surface area contributed by atoms with E-state index in [9.17, 15) is 0 Å². The van der Waals surface area contributed by atoms with Crippen molar-refractivity contribution in [2.75, 3.05) is 6.54 Å². The highest BCUT2D eigenvalue weighted by Crippen LogP contribution is 2.43. The largest absolute Gasteiger partial charge is 0.309 e. The number of fused-ring (bicyclic) bond motifs is 3. The molecule has 1 aliphatic heterocycles. The van der Waals surface area contributed by atoms with Gasteiger partial charge in [0.05, 0.1) is 0 Å². The second kappa shape index (κ2) is 2.82. The summed E-state index contributed by atoms with van der Waals surface area (Å²) in [5, 5.41) is 3.64. The number of aryl methyl sites for hydroxylation is 2. The predicted octanol–water partition coefficient (Wildman–Crippen LogP) is 2.65. The summed E-state index contributed by atoms with van der Waals surface area (Å²) >= 11 is 2.00. The fraction of sp³-hybridized carbons (Fsp3) is 0.636. The second-order valence-corrected chi connectivity index (χ2v) is 5.55. The maximum absolute atomic E-state index is 3.64. The van der Waals surface area contributed by atoms with Crippen LogP contribution >= 0.6 is 11.3 Å². The summed E-state index contributed by atoms with van der Waals surface area (Å²) in [6.45, 7) is 3.46. The molecule has 70 valence electrons. The van der Waals surface area contributed by atoms with Crippen LogP contribution in [0.3, 0.4) is 0 Å². The minimum absolute atomic E-state index is 0.711. The average Bonchev–Trinajstić information content (AvgIpc) is 2.65. The lowest BCUT2D eigenvalue weighted by atomic mass is 9.85. The van der Waals surface area contributed by atoms with Gasteiger partial charge in [-0.1, -0.05) is 0 Å². The molecule has 1 nitrogen and oxygen atoms in total. The Hall–Kier alpha value is -0.340. The Bertz CT molecular complexity index is 329. The molecular formula is C11H15NS. The van der Waals surface area contributed by atoms with Crippen molar-refractivity contribution in [2.24, 2.45) is 5.92 Å². The minimum atomic E-state index is 0.711. The van der Waals surface area contributed by atoms with Gasteiger partial charge in [0.1, 0.15) is 0 Å². The van der Waals surface area contributed by atoms with E-state index in [2.05, 4.69) is 18.3 Å². The van der Waals surface area contributed by atoms with E-state index in [0.29, 0.717) is 6.04 Å². The molecule has 0 saturated carbocycles. The summed E-state index contributed by atoms with van der Waals surface area (Å²) < 4.78 is 0. The van der Waals surface area contributed by atoms with Crippen molar-refractivity contribution in [1.82, 2.24) is 5.32 Å². The molecule has 0 spiro atoms. The third-order valence-corrected chi connectivity index (χ3v) is 4.56. The summed E-state index contributed by atoms with van der Waals surface area (Å²) in [5.74, 6) is 0.936. The van der Waals surface area contributed by atoms with E-state index >= 15 is 0 Å². The normalized spacial score (nSPS) is 31.5. The van der Waals surface area contributed by atoms with E-state index in [4.69, 9.17) is 0 Å². The van der Waals surface area contributed by atoms with E-state index in [-0.39, 0.29) is 0 Å². The molecule has 1 aromatic rings. The molecule has 0 amide bonds. The molecule has 1 aromatic heterocycles. The van der Waals surface area contributed by atoms with Crippen LogP contribution in [-0.4, -0.2) is 6.54 Å². The first-order valence-corrected chi connectivity index (χ1v) is 5.99. The SMILES string of the molecule is Cc1cc2c(s1)C1NCCC1CC2. The summed E-state index contributed by atoms with van der Waals surface area (Å²) in [6.07, 6.45) is 4.12. The van der Waals surface area contributed by atoms with Gasteiger partial charge < -0.3 is 5.32 Å². The molecule has 0 bridgehead atoms. The molecule has 1 fully saturated rings. The Labute approximate surface area is 83.2 Å². The molecule has 0 aromatic carbocycles. The Morgan fingerprint density at radius 1 is 1.46 bits per heavy atom. The van der Waals surface area contributed by atoms with E-state index in [1.54, 1.807) is 10.4 Å². The van der Waals surface area contributed by atoms with Gasteiger partial charge in [-0.2, -0.15) is 0 Å². The zero-order chi connectivity index (χ0) is 8.84. The summed E-state index contributed by atoms with van der Waals surface area (Å²) in [5.41, 5.74) is 1.62. The van der Waals surface area contributed by atoms with E-state index < -0.39 is 0 Å². The van der Waals surface area contributed by atoms with Crippen LogP contribution in [0, 0.1) is 12.8 Å². The van der Waals surface area contributed by atoms with Gasteiger partial charge in [0.2, 0.25) is 0 Å². The first-order valence-electron chi connectivity index (χ1n) is 5.17. The first-order chi connectivity index (χ1) is 6.34. The Kier molecular flexibility index (Phi) is 1.74. The van der Waals surface area contributed by atoms with Crippen LogP contribution < -0.4 is 5.32 Å². The highest BCUT2D eigenvalue weighted by molar-refractivity contribution is 7.12. The van der Waals surface area contributed by atoms with Crippen molar-refractivity contribution < 1.29 is 0 Å². The van der Waals surface area contributed by atoms with Crippen molar-refractivity contribution >= 4 is 11.3 Å². The van der Waals surface area contributed by atoms with Crippen LogP contribution in [0.4, 0.5) is 0 Å². The molecule has 2 heterocycles. The number of nitrogens with one attached hydrogen (secondary N) is 1. The quantitative estimate of drug-likeness (QED) is 0.668. The fourth-order valence-electron chi connectivity index (χ4n) is 2.76. The first kappa shape index (κ1) is 8.01. The average molecular weight is 193 g/mol.